The molecule has 0 saturated carbocycles. The lowest BCUT2D eigenvalue weighted by atomic mass is 10.2. The van der Waals surface area contributed by atoms with Crippen LogP contribution in [0.5, 0.6) is 0 Å². The molecule has 7 nitrogen and oxygen atoms in total. The topological polar surface area (TPSA) is 80.9 Å². The standard InChI is InChI=1S/C15H22N4O3S/c1-12-3-4-13(19(20)21)11-14(12)17-15(23)16-5-2-6-18-7-9-22-10-8-18/h3-4,11H,2,5-10H2,1H3,(H2,16,17,23)/p+1. The third-order valence-corrected chi connectivity index (χ3v) is 4.12. The summed E-state index contributed by atoms with van der Waals surface area (Å²) >= 11 is 5.26. The van der Waals surface area contributed by atoms with Gasteiger partial charge in [-0.25, -0.2) is 0 Å². The molecule has 1 aliphatic rings. The molecular weight excluding hydrogens is 316 g/mol. The number of morpholine rings is 1. The summed E-state index contributed by atoms with van der Waals surface area (Å²) in [6.07, 6.45) is 1.02. The number of quaternary nitrogens is 1. The number of hydrogen-bond donors (Lipinski definition) is 3. The highest BCUT2D eigenvalue weighted by molar-refractivity contribution is 7.80. The molecule has 0 unspecified atom stereocenters. The van der Waals surface area contributed by atoms with Crippen molar-refractivity contribution >= 4 is 28.7 Å². The van der Waals surface area contributed by atoms with E-state index in [2.05, 4.69) is 10.6 Å². The number of hydrogen-bond acceptors (Lipinski definition) is 4. The normalized spacial score (nSPS) is 15.2. The van der Waals surface area contributed by atoms with Crippen molar-refractivity contribution in [2.45, 2.75) is 13.3 Å². The maximum Gasteiger partial charge on any atom is 0.271 e. The summed E-state index contributed by atoms with van der Waals surface area (Å²) < 4.78 is 5.33. The van der Waals surface area contributed by atoms with Crippen LogP contribution in [0.15, 0.2) is 18.2 Å². The molecule has 1 saturated heterocycles. The van der Waals surface area contributed by atoms with Crippen LogP contribution in [0.2, 0.25) is 0 Å². The third kappa shape index (κ3) is 5.74. The van der Waals surface area contributed by atoms with Gasteiger partial charge in [0.05, 0.1) is 24.7 Å². The van der Waals surface area contributed by atoms with Gasteiger partial charge in [0.15, 0.2) is 5.11 Å². The molecule has 1 fully saturated rings. The molecule has 1 aromatic rings. The maximum atomic E-state index is 10.8. The number of anilines is 1. The Balaban J connectivity index is 1.74. The van der Waals surface area contributed by atoms with Crippen molar-refractivity contribution in [3.63, 3.8) is 0 Å². The van der Waals surface area contributed by atoms with Crippen molar-refractivity contribution in [2.75, 3.05) is 44.7 Å². The fourth-order valence-corrected chi connectivity index (χ4v) is 2.69. The van der Waals surface area contributed by atoms with E-state index in [9.17, 15) is 10.1 Å². The number of aryl methyl sites for hydroxylation is 1. The number of benzene rings is 1. The number of thiocarbonyl (C=S) groups is 1. The summed E-state index contributed by atoms with van der Waals surface area (Å²) in [6, 6.07) is 4.70. The Bertz CT molecular complexity index is 562. The summed E-state index contributed by atoms with van der Waals surface area (Å²) in [7, 11) is 0. The molecule has 126 valence electrons. The Morgan fingerprint density at radius 1 is 1.43 bits per heavy atom. The minimum atomic E-state index is -0.411. The van der Waals surface area contributed by atoms with Gasteiger partial charge in [-0.3, -0.25) is 10.1 Å². The number of ether oxygens (including phenoxy) is 1. The lowest BCUT2D eigenvalue weighted by Gasteiger charge is -2.23. The van der Waals surface area contributed by atoms with E-state index in [0.717, 1.165) is 51.4 Å². The van der Waals surface area contributed by atoms with Gasteiger partial charge in [-0.05, 0) is 24.7 Å². The first-order chi connectivity index (χ1) is 11.1. The Morgan fingerprint density at radius 2 is 2.17 bits per heavy atom. The molecule has 0 spiro atoms. The number of nitro benzene ring substituents is 1. The summed E-state index contributed by atoms with van der Waals surface area (Å²) in [4.78, 5) is 12.0. The van der Waals surface area contributed by atoms with Crippen molar-refractivity contribution in [2.24, 2.45) is 0 Å². The van der Waals surface area contributed by atoms with Gasteiger partial charge >= 0.3 is 0 Å². The molecule has 0 atom stereocenters. The zero-order valence-electron chi connectivity index (χ0n) is 13.3. The van der Waals surface area contributed by atoms with Gasteiger partial charge in [0.2, 0.25) is 0 Å². The minimum absolute atomic E-state index is 0.0526. The second-order valence-electron chi connectivity index (χ2n) is 5.60. The van der Waals surface area contributed by atoms with Gasteiger partial charge in [0, 0.05) is 30.8 Å². The van der Waals surface area contributed by atoms with Gasteiger partial charge in [0.25, 0.3) is 5.69 Å². The predicted octanol–water partition coefficient (Wildman–Crippen LogP) is 0.495. The van der Waals surface area contributed by atoms with E-state index in [1.165, 1.54) is 12.1 Å². The third-order valence-electron chi connectivity index (χ3n) is 3.87. The molecule has 23 heavy (non-hydrogen) atoms. The molecule has 0 aliphatic carbocycles. The van der Waals surface area contributed by atoms with E-state index >= 15 is 0 Å². The quantitative estimate of drug-likeness (QED) is 0.303. The zero-order valence-corrected chi connectivity index (χ0v) is 14.1. The number of nitro groups is 1. The van der Waals surface area contributed by atoms with Gasteiger partial charge in [-0.2, -0.15) is 0 Å². The molecule has 0 radical (unpaired) electrons. The van der Waals surface area contributed by atoms with E-state index in [1.807, 2.05) is 6.92 Å². The summed E-state index contributed by atoms with van der Waals surface area (Å²) in [6.45, 7) is 7.57. The average molecular weight is 339 g/mol. The summed E-state index contributed by atoms with van der Waals surface area (Å²) in [5.74, 6) is 0. The first kappa shape index (κ1) is 17.6. The van der Waals surface area contributed by atoms with Gasteiger partial charge < -0.3 is 20.3 Å². The maximum absolute atomic E-state index is 10.8. The van der Waals surface area contributed by atoms with Crippen LogP contribution in [0.4, 0.5) is 11.4 Å². The van der Waals surface area contributed by atoms with Crippen LogP contribution in [0.1, 0.15) is 12.0 Å². The molecular formula is C15H23N4O3S+. The van der Waals surface area contributed by atoms with Crippen molar-refractivity contribution in [1.82, 2.24) is 5.32 Å². The second-order valence-corrected chi connectivity index (χ2v) is 6.01. The van der Waals surface area contributed by atoms with E-state index < -0.39 is 4.92 Å². The number of non-ortho nitro benzene ring substituents is 1. The highest BCUT2D eigenvalue weighted by atomic mass is 32.1. The molecule has 0 aromatic heterocycles. The van der Waals surface area contributed by atoms with Crippen molar-refractivity contribution < 1.29 is 14.6 Å². The van der Waals surface area contributed by atoms with E-state index in [4.69, 9.17) is 17.0 Å². The number of nitrogens with zero attached hydrogens (tertiary/aromatic N) is 1. The molecule has 1 heterocycles. The van der Waals surface area contributed by atoms with E-state index in [0.29, 0.717) is 10.8 Å². The second kappa shape index (κ2) is 8.76. The van der Waals surface area contributed by atoms with E-state index in [-0.39, 0.29) is 5.69 Å². The summed E-state index contributed by atoms with van der Waals surface area (Å²) in [5, 5.41) is 17.5. The smallest absolute Gasteiger partial charge is 0.271 e. The van der Waals surface area contributed by atoms with Crippen molar-refractivity contribution in [3.05, 3.63) is 33.9 Å². The van der Waals surface area contributed by atoms with Crippen LogP contribution in [-0.2, 0) is 4.74 Å². The first-order valence-corrected chi connectivity index (χ1v) is 8.18. The predicted molar refractivity (Wildman–Crippen MR) is 93.1 cm³/mol. The Morgan fingerprint density at radius 3 is 2.87 bits per heavy atom. The molecule has 1 aliphatic heterocycles. The van der Waals surface area contributed by atoms with Gasteiger partial charge in [-0.15, -0.1) is 0 Å². The molecule has 8 heteroatoms. The number of nitrogens with one attached hydrogen (secondary N) is 3. The molecule has 0 bridgehead atoms. The Kier molecular flexibility index (Phi) is 6.69. The fraction of sp³-hybridized carbons (Fsp3) is 0.533. The van der Waals surface area contributed by atoms with Crippen LogP contribution in [0, 0.1) is 17.0 Å². The number of rotatable bonds is 6. The monoisotopic (exact) mass is 339 g/mol. The summed E-state index contributed by atoms with van der Waals surface area (Å²) in [5.41, 5.74) is 1.63. The van der Waals surface area contributed by atoms with Crippen molar-refractivity contribution in [3.8, 4) is 0 Å². The SMILES string of the molecule is Cc1ccc([N+](=O)[O-])cc1NC(=S)NCCC[NH+]1CCOCC1. The molecule has 1 aromatic carbocycles. The minimum Gasteiger partial charge on any atom is -0.370 e. The van der Waals surface area contributed by atoms with E-state index in [1.54, 1.807) is 11.0 Å². The van der Waals surface area contributed by atoms with Crippen LogP contribution < -0.4 is 15.5 Å². The highest BCUT2D eigenvalue weighted by Crippen LogP contribution is 2.21. The molecule has 2 rings (SSSR count). The molecule has 0 amide bonds. The average Bonchev–Trinajstić information content (AvgIpc) is 2.54. The van der Waals surface area contributed by atoms with Crippen molar-refractivity contribution in [1.29, 1.82) is 0 Å². The van der Waals surface area contributed by atoms with Crippen LogP contribution in [-0.4, -0.2) is 49.4 Å². The van der Waals surface area contributed by atoms with Crippen LogP contribution >= 0.6 is 12.2 Å². The van der Waals surface area contributed by atoms with Crippen LogP contribution in [0.3, 0.4) is 0 Å². The zero-order chi connectivity index (χ0) is 16.7. The van der Waals surface area contributed by atoms with Gasteiger partial charge in [-0.1, -0.05) is 6.07 Å². The first-order valence-electron chi connectivity index (χ1n) is 7.77. The lowest BCUT2D eigenvalue weighted by Crippen LogP contribution is -3.14. The Labute approximate surface area is 141 Å². The lowest BCUT2D eigenvalue weighted by molar-refractivity contribution is -0.908. The molecule has 3 N–H and O–H groups in total. The van der Waals surface area contributed by atoms with Gasteiger partial charge in [0.1, 0.15) is 13.1 Å². The largest absolute Gasteiger partial charge is 0.370 e. The highest BCUT2D eigenvalue weighted by Gasteiger charge is 2.13. The Hall–Kier alpha value is -1.77. The van der Waals surface area contributed by atoms with Crippen LogP contribution in [0.25, 0.3) is 0 Å². The fourth-order valence-electron chi connectivity index (χ4n) is 2.48.